The van der Waals surface area contributed by atoms with E-state index in [1.165, 1.54) is 6.07 Å². The molecule has 1 saturated heterocycles. The molecule has 4 nitrogen and oxygen atoms in total. The van der Waals surface area contributed by atoms with E-state index in [0.29, 0.717) is 29.6 Å². The van der Waals surface area contributed by atoms with Crippen LogP contribution in [-0.4, -0.2) is 56.1 Å². The summed E-state index contributed by atoms with van der Waals surface area (Å²) in [6, 6.07) is 10.3. The highest BCUT2D eigenvalue weighted by Gasteiger charge is 2.39. The topological polar surface area (TPSA) is 32.8 Å². The van der Waals surface area contributed by atoms with E-state index >= 15 is 0 Å². The molecule has 2 aromatic rings. The highest BCUT2D eigenvalue weighted by atomic mass is 35.5. The van der Waals surface area contributed by atoms with Crippen LogP contribution in [0.15, 0.2) is 36.4 Å². The number of methoxy groups -OCH3 is 1. The maximum Gasteiger partial charge on any atom is 0.223 e. The number of piperidine rings is 1. The van der Waals surface area contributed by atoms with Gasteiger partial charge in [-0.1, -0.05) is 29.3 Å². The lowest BCUT2D eigenvalue weighted by atomic mass is 9.68. The first kappa shape index (κ1) is 27.9. The van der Waals surface area contributed by atoms with Crippen molar-refractivity contribution in [3.05, 3.63) is 69.0 Å². The largest absolute Gasteiger partial charge is 0.383 e. The highest BCUT2D eigenvalue weighted by Crippen LogP contribution is 2.41. The number of likely N-dealkylation sites (tertiary alicyclic amines) is 1. The van der Waals surface area contributed by atoms with Crippen molar-refractivity contribution in [2.24, 2.45) is 0 Å². The average Bonchev–Trinajstić information content (AvgIpc) is 2.72. The molecular weight excluding hydrogens is 486 g/mol. The number of nitrogens with zero attached hydrogens (tertiary/aromatic N) is 2. The van der Waals surface area contributed by atoms with Crippen LogP contribution in [0.4, 0.5) is 4.39 Å². The molecule has 3 rings (SSSR count). The fraction of sp³-hybridized carbons (Fsp3) is 0.480. The molecular formula is C25H32Cl3FN2O2. The molecule has 182 valence electrons. The zero-order valence-electron chi connectivity index (χ0n) is 19.4. The van der Waals surface area contributed by atoms with E-state index in [1.54, 1.807) is 31.2 Å². The summed E-state index contributed by atoms with van der Waals surface area (Å²) in [5.41, 5.74) is 2.53. The lowest BCUT2D eigenvalue weighted by Crippen LogP contribution is -2.46. The van der Waals surface area contributed by atoms with Crippen LogP contribution in [0.2, 0.25) is 10.0 Å². The molecule has 0 saturated carbocycles. The van der Waals surface area contributed by atoms with Crippen molar-refractivity contribution in [2.45, 2.75) is 38.1 Å². The number of hydrogen-bond acceptors (Lipinski definition) is 3. The third kappa shape index (κ3) is 7.30. The Kier molecular flexibility index (Phi) is 10.4. The molecule has 1 amide bonds. The molecule has 1 aliphatic heterocycles. The van der Waals surface area contributed by atoms with Gasteiger partial charge in [0.1, 0.15) is 5.82 Å². The van der Waals surface area contributed by atoms with Gasteiger partial charge in [0, 0.05) is 49.1 Å². The summed E-state index contributed by atoms with van der Waals surface area (Å²) >= 11 is 12.2. The minimum atomic E-state index is -0.321. The number of aryl methyl sites for hydroxylation is 1. The maximum absolute atomic E-state index is 13.8. The van der Waals surface area contributed by atoms with E-state index < -0.39 is 0 Å². The first-order chi connectivity index (χ1) is 15.2. The number of rotatable bonds is 8. The van der Waals surface area contributed by atoms with Crippen LogP contribution in [0, 0.1) is 12.7 Å². The van der Waals surface area contributed by atoms with Gasteiger partial charge in [-0.25, -0.2) is 4.39 Å². The number of carbonyl (C=O) groups is 1. The van der Waals surface area contributed by atoms with Crippen molar-refractivity contribution in [1.29, 1.82) is 0 Å². The molecule has 0 unspecified atom stereocenters. The van der Waals surface area contributed by atoms with Crippen LogP contribution in [0.25, 0.3) is 0 Å². The molecule has 0 spiro atoms. The molecule has 0 N–H and O–H groups in total. The third-order valence-corrected chi connectivity index (χ3v) is 6.88. The molecule has 8 heteroatoms. The summed E-state index contributed by atoms with van der Waals surface area (Å²) in [7, 11) is 3.51. The van der Waals surface area contributed by atoms with E-state index in [4.69, 9.17) is 27.9 Å². The van der Waals surface area contributed by atoms with Crippen LogP contribution in [0.3, 0.4) is 0 Å². The van der Waals surface area contributed by atoms with Gasteiger partial charge in [-0.05, 0) is 79.9 Å². The Bertz CT molecular complexity index is 929. The van der Waals surface area contributed by atoms with Gasteiger partial charge in [0.15, 0.2) is 0 Å². The van der Waals surface area contributed by atoms with Crippen molar-refractivity contribution in [3.8, 4) is 0 Å². The van der Waals surface area contributed by atoms with E-state index in [2.05, 4.69) is 4.90 Å². The predicted octanol–water partition coefficient (Wildman–Crippen LogP) is 5.89. The van der Waals surface area contributed by atoms with Crippen LogP contribution >= 0.6 is 35.6 Å². The zero-order chi connectivity index (χ0) is 23.3. The zero-order valence-corrected chi connectivity index (χ0v) is 21.7. The van der Waals surface area contributed by atoms with Gasteiger partial charge in [0.05, 0.1) is 6.61 Å². The molecule has 0 aromatic heterocycles. The molecule has 0 atom stereocenters. The fourth-order valence-corrected chi connectivity index (χ4v) is 5.25. The van der Waals surface area contributed by atoms with Crippen LogP contribution < -0.4 is 0 Å². The van der Waals surface area contributed by atoms with Gasteiger partial charge in [-0.2, -0.15) is 0 Å². The minimum Gasteiger partial charge on any atom is -0.383 e. The normalized spacial score (nSPS) is 15.7. The fourth-order valence-electron chi connectivity index (χ4n) is 4.68. The Morgan fingerprint density at radius 2 is 1.79 bits per heavy atom. The standard InChI is InChI=1S/C25H31Cl2FN2O2.ClH/c1-18-12-22(28)4-5-23(18)25(6-8-30(9-7-25)10-11-32-3)16-24(31)29(2)17-19-13-20(26)15-21(27)14-19;/h4-5,12-15H,6-11,16-17H2,1-3H3;1H. The number of hydrogen-bond donors (Lipinski definition) is 0. The molecule has 2 aromatic carbocycles. The first-order valence-electron chi connectivity index (χ1n) is 10.9. The van der Waals surface area contributed by atoms with Gasteiger partial charge >= 0.3 is 0 Å². The number of benzene rings is 2. The second-order valence-electron chi connectivity index (χ2n) is 8.78. The quantitative estimate of drug-likeness (QED) is 0.438. The summed E-state index contributed by atoms with van der Waals surface area (Å²) in [5.74, 6) is -0.199. The molecule has 1 heterocycles. The smallest absolute Gasteiger partial charge is 0.223 e. The summed E-state index contributed by atoms with van der Waals surface area (Å²) in [5, 5.41) is 1.10. The van der Waals surface area contributed by atoms with Crippen molar-refractivity contribution < 1.29 is 13.9 Å². The Balaban J connectivity index is 0.00000385. The number of halogens is 4. The molecule has 0 bridgehead atoms. The van der Waals surface area contributed by atoms with Crippen LogP contribution in [0.5, 0.6) is 0 Å². The molecule has 0 aliphatic carbocycles. The Morgan fingerprint density at radius 1 is 1.15 bits per heavy atom. The summed E-state index contributed by atoms with van der Waals surface area (Å²) < 4.78 is 19.0. The van der Waals surface area contributed by atoms with E-state index in [0.717, 1.165) is 49.2 Å². The lowest BCUT2D eigenvalue weighted by molar-refractivity contribution is -0.132. The van der Waals surface area contributed by atoms with E-state index in [-0.39, 0.29) is 29.5 Å². The van der Waals surface area contributed by atoms with Crippen molar-refractivity contribution >= 4 is 41.5 Å². The second-order valence-corrected chi connectivity index (χ2v) is 9.65. The Morgan fingerprint density at radius 3 is 2.36 bits per heavy atom. The van der Waals surface area contributed by atoms with Crippen molar-refractivity contribution in [1.82, 2.24) is 9.80 Å². The van der Waals surface area contributed by atoms with E-state index in [9.17, 15) is 9.18 Å². The number of amides is 1. The molecule has 33 heavy (non-hydrogen) atoms. The maximum atomic E-state index is 13.8. The van der Waals surface area contributed by atoms with Gasteiger partial charge in [-0.15, -0.1) is 12.4 Å². The minimum absolute atomic E-state index is 0. The van der Waals surface area contributed by atoms with Crippen molar-refractivity contribution in [3.63, 3.8) is 0 Å². The van der Waals surface area contributed by atoms with Gasteiger partial charge in [0.2, 0.25) is 5.91 Å². The highest BCUT2D eigenvalue weighted by molar-refractivity contribution is 6.34. The van der Waals surface area contributed by atoms with Gasteiger partial charge in [0.25, 0.3) is 0 Å². The average molecular weight is 518 g/mol. The SMILES string of the molecule is COCCN1CCC(CC(=O)N(C)Cc2cc(Cl)cc(Cl)c2)(c2ccc(F)cc2C)CC1.Cl. The molecule has 1 fully saturated rings. The van der Waals surface area contributed by atoms with Crippen molar-refractivity contribution in [2.75, 3.05) is 40.4 Å². The van der Waals surface area contributed by atoms with Crippen LogP contribution in [-0.2, 0) is 21.5 Å². The van der Waals surface area contributed by atoms with Crippen LogP contribution in [0.1, 0.15) is 36.0 Å². The predicted molar refractivity (Wildman–Crippen MR) is 135 cm³/mol. The van der Waals surface area contributed by atoms with Gasteiger partial charge in [-0.3, -0.25) is 4.79 Å². The number of carbonyl (C=O) groups excluding carboxylic acids is 1. The number of ether oxygens (including phenoxy) is 1. The van der Waals surface area contributed by atoms with E-state index in [1.807, 2.05) is 25.1 Å². The first-order valence-corrected chi connectivity index (χ1v) is 11.6. The summed E-state index contributed by atoms with van der Waals surface area (Å²) in [6.45, 7) is 5.67. The molecule has 1 aliphatic rings. The summed E-state index contributed by atoms with van der Waals surface area (Å²) in [4.78, 5) is 17.4. The molecule has 0 radical (unpaired) electrons. The Labute approximate surface area is 212 Å². The lowest BCUT2D eigenvalue weighted by Gasteiger charge is -2.43. The third-order valence-electron chi connectivity index (χ3n) is 6.44. The van der Waals surface area contributed by atoms with Gasteiger partial charge < -0.3 is 14.5 Å². The monoisotopic (exact) mass is 516 g/mol. The summed E-state index contributed by atoms with van der Waals surface area (Å²) in [6.07, 6.45) is 2.06. The second kappa shape index (κ2) is 12.4. The Hall–Kier alpha value is -1.37.